The minimum absolute atomic E-state index is 0.0203. The topological polar surface area (TPSA) is 107 Å². The molecule has 4 rings (SSSR count). The van der Waals surface area contributed by atoms with Crippen LogP contribution in [-0.2, 0) is 17.8 Å². The zero-order valence-electron chi connectivity index (χ0n) is 25.2. The summed E-state index contributed by atoms with van der Waals surface area (Å²) >= 11 is 0. The summed E-state index contributed by atoms with van der Waals surface area (Å²) in [5.74, 6) is -1.42. The van der Waals surface area contributed by atoms with Crippen molar-refractivity contribution in [2.24, 2.45) is 17.3 Å². The first-order chi connectivity index (χ1) is 19.8. The maximum atomic E-state index is 14.2. The Balaban J connectivity index is 1.95. The number of nitrogens with zero attached hydrogens (tertiary/aromatic N) is 2. The van der Waals surface area contributed by atoms with Gasteiger partial charge in [0, 0.05) is 34.5 Å². The number of ether oxygens (including phenoxy) is 2. The van der Waals surface area contributed by atoms with Crippen LogP contribution in [-0.4, -0.2) is 39.1 Å². The van der Waals surface area contributed by atoms with Crippen LogP contribution in [0.15, 0.2) is 60.8 Å². The Hall–Kier alpha value is -4.46. The number of aliphatic carboxylic acids is 1. The van der Waals surface area contributed by atoms with Gasteiger partial charge in [-0.2, -0.15) is 0 Å². The molecular formula is C34H38N2O6. The fourth-order valence-electron chi connectivity index (χ4n) is 4.99. The lowest BCUT2D eigenvalue weighted by Gasteiger charge is -2.20. The summed E-state index contributed by atoms with van der Waals surface area (Å²) in [7, 11) is 1.55. The van der Waals surface area contributed by atoms with Crippen LogP contribution in [0, 0.1) is 24.2 Å². The molecule has 0 radical (unpaired) electrons. The van der Waals surface area contributed by atoms with Gasteiger partial charge in [-0.15, -0.1) is 0 Å². The highest BCUT2D eigenvalue weighted by molar-refractivity contribution is 6.15. The molecule has 0 aliphatic heterocycles. The highest BCUT2D eigenvalue weighted by Gasteiger charge is 2.35. The Labute approximate surface area is 246 Å². The van der Waals surface area contributed by atoms with Gasteiger partial charge in [0.2, 0.25) is 5.78 Å². The SMILES string of the molecule is COc1ccc(C(=O)c2c(CC(C(=O)O)C(C)C)c(C(=O)C(C)(C)C)c3cc(OCc4cccc(C)n4)ccn23)cc1. The molecule has 3 aromatic heterocycles. The Kier molecular flexibility index (Phi) is 8.85. The summed E-state index contributed by atoms with van der Waals surface area (Å²) in [6.45, 7) is 11.2. The van der Waals surface area contributed by atoms with Crippen LogP contribution < -0.4 is 9.47 Å². The molecule has 8 nitrogen and oxygen atoms in total. The molecule has 0 aliphatic rings. The first-order valence-corrected chi connectivity index (χ1v) is 14.0. The third kappa shape index (κ3) is 6.38. The van der Waals surface area contributed by atoms with Gasteiger partial charge in [-0.3, -0.25) is 19.4 Å². The molecule has 1 unspecified atom stereocenters. The highest BCUT2D eigenvalue weighted by atomic mass is 16.5. The molecule has 0 saturated carbocycles. The number of aryl methyl sites for hydroxylation is 1. The molecule has 4 aromatic rings. The number of carboxylic acids is 1. The second kappa shape index (κ2) is 12.2. The average Bonchev–Trinajstić information content (AvgIpc) is 3.26. The Bertz CT molecular complexity index is 1630. The van der Waals surface area contributed by atoms with E-state index in [-0.39, 0.29) is 36.2 Å². The molecule has 8 heteroatoms. The van der Waals surface area contributed by atoms with E-state index in [0.717, 1.165) is 11.4 Å². The van der Waals surface area contributed by atoms with Crippen molar-refractivity contribution in [3.05, 3.63) is 94.6 Å². The molecule has 0 saturated heterocycles. The molecule has 1 aromatic carbocycles. The molecule has 1 N–H and O–H groups in total. The molecule has 220 valence electrons. The van der Waals surface area contributed by atoms with E-state index < -0.39 is 17.3 Å². The van der Waals surface area contributed by atoms with E-state index in [1.807, 2.05) is 59.7 Å². The van der Waals surface area contributed by atoms with Crippen LogP contribution in [0.1, 0.15) is 78.0 Å². The van der Waals surface area contributed by atoms with E-state index in [2.05, 4.69) is 4.98 Å². The van der Waals surface area contributed by atoms with Crippen molar-refractivity contribution >= 4 is 23.1 Å². The number of carboxylic acid groups (broad SMARTS) is 1. The fraction of sp³-hybridized carbons (Fsp3) is 0.353. The smallest absolute Gasteiger partial charge is 0.307 e. The van der Waals surface area contributed by atoms with E-state index in [4.69, 9.17) is 9.47 Å². The first kappa shape index (κ1) is 30.5. The van der Waals surface area contributed by atoms with Gasteiger partial charge in [-0.1, -0.05) is 40.7 Å². The van der Waals surface area contributed by atoms with Gasteiger partial charge in [0.15, 0.2) is 5.78 Å². The van der Waals surface area contributed by atoms with E-state index in [9.17, 15) is 19.5 Å². The number of methoxy groups -OCH3 is 1. The van der Waals surface area contributed by atoms with Crippen LogP contribution in [0.3, 0.4) is 0 Å². The van der Waals surface area contributed by atoms with Gasteiger partial charge >= 0.3 is 5.97 Å². The number of ketones is 2. The highest BCUT2D eigenvalue weighted by Crippen LogP contribution is 2.36. The maximum Gasteiger partial charge on any atom is 0.307 e. The predicted octanol–water partition coefficient (Wildman–Crippen LogP) is 6.59. The molecular weight excluding hydrogens is 532 g/mol. The third-order valence-electron chi connectivity index (χ3n) is 7.37. The van der Waals surface area contributed by atoms with E-state index in [0.29, 0.717) is 33.7 Å². The van der Waals surface area contributed by atoms with Crippen LogP contribution in [0.25, 0.3) is 5.52 Å². The standard InChI is InChI=1S/C34H38N2O6/c1-20(2)26(33(39)40)18-27-29(32(38)34(4,5)6)28-17-25(42-19-23-10-8-9-21(3)35-23)15-16-36(28)30(27)31(37)22-11-13-24(41-7)14-12-22/h8-17,20,26H,18-19H2,1-7H3,(H,39,40). The number of aromatic nitrogens is 2. The van der Waals surface area contributed by atoms with Gasteiger partial charge in [-0.25, -0.2) is 0 Å². The zero-order chi connectivity index (χ0) is 30.8. The number of hydrogen-bond acceptors (Lipinski definition) is 6. The van der Waals surface area contributed by atoms with Crippen LogP contribution >= 0.6 is 0 Å². The molecule has 0 spiro atoms. The quantitative estimate of drug-likeness (QED) is 0.203. The summed E-state index contributed by atoms with van der Waals surface area (Å²) in [6.07, 6.45) is 1.73. The van der Waals surface area contributed by atoms with Crippen molar-refractivity contribution in [1.82, 2.24) is 9.38 Å². The predicted molar refractivity (Wildman–Crippen MR) is 161 cm³/mol. The monoisotopic (exact) mass is 570 g/mol. The lowest BCUT2D eigenvalue weighted by Crippen LogP contribution is -2.26. The van der Waals surface area contributed by atoms with E-state index in [1.165, 1.54) is 0 Å². The zero-order valence-corrected chi connectivity index (χ0v) is 25.2. The number of hydrogen-bond donors (Lipinski definition) is 1. The number of rotatable bonds is 11. The third-order valence-corrected chi connectivity index (χ3v) is 7.37. The van der Waals surface area contributed by atoms with Crippen LogP contribution in [0.2, 0.25) is 0 Å². The molecule has 0 aliphatic carbocycles. The van der Waals surface area contributed by atoms with Gasteiger partial charge in [0.05, 0.1) is 29.9 Å². The number of Topliss-reactive ketones (excluding diaryl/α,β-unsaturated/α-hetero) is 1. The number of fused-ring (bicyclic) bond motifs is 1. The second-order valence-corrected chi connectivity index (χ2v) is 11.9. The largest absolute Gasteiger partial charge is 0.497 e. The summed E-state index contributed by atoms with van der Waals surface area (Å²) in [6, 6.07) is 15.9. The molecule has 0 amide bonds. The average molecular weight is 571 g/mol. The van der Waals surface area contributed by atoms with Gasteiger partial charge < -0.3 is 19.0 Å². The summed E-state index contributed by atoms with van der Waals surface area (Å²) < 4.78 is 13.0. The van der Waals surface area contributed by atoms with Crippen molar-refractivity contribution < 1.29 is 29.0 Å². The van der Waals surface area contributed by atoms with Crippen molar-refractivity contribution in [2.75, 3.05) is 7.11 Å². The molecule has 3 heterocycles. The minimum Gasteiger partial charge on any atom is -0.497 e. The minimum atomic E-state index is -0.980. The number of pyridine rings is 2. The second-order valence-electron chi connectivity index (χ2n) is 11.9. The van der Waals surface area contributed by atoms with Crippen molar-refractivity contribution in [3.8, 4) is 11.5 Å². The Morgan fingerprint density at radius 1 is 1.00 bits per heavy atom. The Morgan fingerprint density at radius 2 is 1.69 bits per heavy atom. The molecule has 1 atom stereocenters. The van der Waals surface area contributed by atoms with Crippen LogP contribution in [0.4, 0.5) is 0 Å². The van der Waals surface area contributed by atoms with E-state index in [1.54, 1.807) is 54.1 Å². The maximum absolute atomic E-state index is 14.2. The number of carbonyl (C=O) groups is 3. The summed E-state index contributed by atoms with van der Waals surface area (Å²) in [5, 5.41) is 10.1. The lowest BCUT2D eigenvalue weighted by molar-refractivity contribution is -0.143. The summed E-state index contributed by atoms with van der Waals surface area (Å²) in [4.78, 5) is 45.1. The molecule has 0 bridgehead atoms. The van der Waals surface area contributed by atoms with Crippen molar-refractivity contribution in [2.45, 2.75) is 54.6 Å². The number of carbonyl (C=O) groups excluding carboxylic acids is 2. The lowest BCUT2D eigenvalue weighted by atomic mass is 9.81. The normalized spacial score (nSPS) is 12.4. The molecule has 0 fully saturated rings. The fourth-order valence-corrected chi connectivity index (χ4v) is 4.99. The van der Waals surface area contributed by atoms with Crippen molar-refractivity contribution in [3.63, 3.8) is 0 Å². The first-order valence-electron chi connectivity index (χ1n) is 14.0. The molecule has 42 heavy (non-hydrogen) atoms. The summed E-state index contributed by atoms with van der Waals surface area (Å²) in [5.41, 5.74) is 2.75. The van der Waals surface area contributed by atoms with Gasteiger partial charge in [-0.05, 0) is 67.3 Å². The Morgan fingerprint density at radius 3 is 2.26 bits per heavy atom. The number of benzene rings is 1. The van der Waals surface area contributed by atoms with Gasteiger partial charge in [0.1, 0.15) is 18.1 Å². The van der Waals surface area contributed by atoms with E-state index >= 15 is 0 Å². The van der Waals surface area contributed by atoms with Crippen molar-refractivity contribution in [1.29, 1.82) is 0 Å². The van der Waals surface area contributed by atoms with Crippen LogP contribution in [0.5, 0.6) is 11.5 Å². The van der Waals surface area contributed by atoms with Gasteiger partial charge in [0.25, 0.3) is 0 Å².